The molecule has 21 heavy (non-hydrogen) atoms. The number of thiophene rings is 1. The molecule has 0 aliphatic carbocycles. The van der Waals surface area contributed by atoms with Crippen LogP contribution in [-0.2, 0) is 16.1 Å². The van der Waals surface area contributed by atoms with Gasteiger partial charge in [-0.3, -0.25) is 4.79 Å². The van der Waals surface area contributed by atoms with Crippen molar-refractivity contribution < 1.29 is 14.3 Å². The van der Waals surface area contributed by atoms with Gasteiger partial charge in [0.05, 0.1) is 6.61 Å². The quantitative estimate of drug-likeness (QED) is 0.753. The van der Waals surface area contributed by atoms with Gasteiger partial charge in [0.25, 0.3) is 5.91 Å². The number of carbonyl (C=O) groups is 1. The molecule has 0 bridgehead atoms. The summed E-state index contributed by atoms with van der Waals surface area (Å²) >= 11 is 1.63. The van der Waals surface area contributed by atoms with Gasteiger partial charge in [0.1, 0.15) is 5.75 Å². The van der Waals surface area contributed by atoms with E-state index in [-0.39, 0.29) is 12.5 Å². The molecule has 0 spiro atoms. The topological polar surface area (TPSA) is 38.8 Å². The number of benzene rings is 1. The first kappa shape index (κ1) is 15.5. The van der Waals surface area contributed by atoms with Gasteiger partial charge in [0.2, 0.25) is 0 Å². The van der Waals surface area contributed by atoms with Gasteiger partial charge in [-0.2, -0.15) is 11.3 Å². The molecule has 1 heterocycles. The molecule has 5 heteroatoms. The molecule has 0 radical (unpaired) electrons. The van der Waals surface area contributed by atoms with Crippen LogP contribution in [0.1, 0.15) is 5.56 Å². The zero-order valence-electron chi connectivity index (χ0n) is 12.0. The predicted molar refractivity (Wildman–Crippen MR) is 83.5 cm³/mol. The molecule has 1 aromatic heterocycles. The number of para-hydroxylation sites is 1. The van der Waals surface area contributed by atoms with Crippen molar-refractivity contribution in [2.75, 3.05) is 26.9 Å². The van der Waals surface area contributed by atoms with Gasteiger partial charge < -0.3 is 14.4 Å². The number of rotatable bonds is 8. The number of hydrogen-bond acceptors (Lipinski definition) is 4. The molecular formula is C16H19NO3S. The Kier molecular flexibility index (Phi) is 6.24. The zero-order chi connectivity index (χ0) is 14.9. The van der Waals surface area contributed by atoms with Crippen molar-refractivity contribution in [3.63, 3.8) is 0 Å². The van der Waals surface area contributed by atoms with Gasteiger partial charge in [-0.1, -0.05) is 18.2 Å². The van der Waals surface area contributed by atoms with E-state index in [2.05, 4.69) is 0 Å². The maximum Gasteiger partial charge on any atom is 0.260 e. The van der Waals surface area contributed by atoms with E-state index >= 15 is 0 Å². The van der Waals surface area contributed by atoms with Crippen molar-refractivity contribution in [3.05, 3.63) is 52.7 Å². The van der Waals surface area contributed by atoms with Gasteiger partial charge in [-0.15, -0.1) is 0 Å². The second kappa shape index (κ2) is 8.44. The van der Waals surface area contributed by atoms with E-state index in [1.807, 2.05) is 47.2 Å². The second-order valence-electron chi connectivity index (χ2n) is 4.54. The molecule has 0 aliphatic rings. The van der Waals surface area contributed by atoms with E-state index in [1.165, 1.54) is 0 Å². The lowest BCUT2D eigenvalue weighted by Gasteiger charge is -2.22. The van der Waals surface area contributed by atoms with E-state index in [0.29, 0.717) is 25.4 Å². The Balaban J connectivity index is 1.90. The lowest BCUT2D eigenvalue weighted by molar-refractivity contribution is -0.134. The van der Waals surface area contributed by atoms with Crippen molar-refractivity contribution in [1.29, 1.82) is 0 Å². The zero-order valence-corrected chi connectivity index (χ0v) is 12.8. The molecule has 0 saturated heterocycles. The number of amides is 1. The van der Waals surface area contributed by atoms with Gasteiger partial charge >= 0.3 is 0 Å². The number of hydrogen-bond donors (Lipinski definition) is 0. The molecule has 0 N–H and O–H groups in total. The summed E-state index contributed by atoms with van der Waals surface area (Å²) in [4.78, 5) is 14.1. The molecule has 112 valence electrons. The lowest BCUT2D eigenvalue weighted by atomic mass is 10.3. The fourth-order valence-corrected chi connectivity index (χ4v) is 2.51. The van der Waals surface area contributed by atoms with Crippen LogP contribution in [0.5, 0.6) is 5.75 Å². The van der Waals surface area contributed by atoms with E-state index in [1.54, 1.807) is 23.3 Å². The summed E-state index contributed by atoms with van der Waals surface area (Å²) < 4.78 is 10.6. The first-order valence-electron chi connectivity index (χ1n) is 6.75. The Hall–Kier alpha value is -1.85. The SMILES string of the molecule is COCCN(Cc1ccsc1)C(=O)COc1ccccc1. The van der Waals surface area contributed by atoms with Crippen molar-refractivity contribution in [1.82, 2.24) is 4.90 Å². The van der Waals surface area contributed by atoms with Gasteiger partial charge in [0, 0.05) is 20.2 Å². The fourth-order valence-electron chi connectivity index (χ4n) is 1.85. The molecule has 2 aromatic rings. The number of methoxy groups -OCH3 is 1. The van der Waals surface area contributed by atoms with Crippen LogP contribution in [0.2, 0.25) is 0 Å². The largest absolute Gasteiger partial charge is 0.484 e. The second-order valence-corrected chi connectivity index (χ2v) is 5.32. The Morgan fingerprint density at radius 3 is 2.71 bits per heavy atom. The minimum Gasteiger partial charge on any atom is -0.484 e. The van der Waals surface area contributed by atoms with E-state index in [9.17, 15) is 4.79 Å². The molecule has 0 aliphatic heterocycles. The highest BCUT2D eigenvalue weighted by Gasteiger charge is 2.14. The van der Waals surface area contributed by atoms with Crippen molar-refractivity contribution in [2.45, 2.75) is 6.54 Å². The third-order valence-corrected chi connectivity index (χ3v) is 3.71. The summed E-state index contributed by atoms with van der Waals surface area (Å²) in [7, 11) is 1.63. The summed E-state index contributed by atoms with van der Waals surface area (Å²) in [5.41, 5.74) is 1.13. The van der Waals surface area contributed by atoms with Gasteiger partial charge in [0.15, 0.2) is 6.61 Å². The molecule has 1 aromatic carbocycles. The van der Waals surface area contributed by atoms with Crippen molar-refractivity contribution in [3.8, 4) is 5.75 Å². The van der Waals surface area contributed by atoms with E-state index in [4.69, 9.17) is 9.47 Å². The van der Waals surface area contributed by atoms with Crippen LogP contribution in [0, 0.1) is 0 Å². The summed E-state index contributed by atoms with van der Waals surface area (Å²) in [5.74, 6) is 0.662. The van der Waals surface area contributed by atoms with Crippen molar-refractivity contribution >= 4 is 17.2 Å². The predicted octanol–water partition coefficient (Wildman–Crippen LogP) is 2.80. The van der Waals surface area contributed by atoms with Crippen LogP contribution in [0.25, 0.3) is 0 Å². The first-order chi connectivity index (χ1) is 10.3. The standard InChI is InChI=1S/C16H19NO3S/c1-19-9-8-17(11-14-7-10-21-13-14)16(18)12-20-15-5-3-2-4-6-15/h2-7,10,13H,8-9,11-12H2,1H3. The van der Waals surface area contributed by atoms with E-state index in [0.717, 1.165) is 5.56 Å². The van der Waals surface area contributed by atoms with Crippen LogP contribution in [0.3, 0.4) is 0 Å². The summed E-state index contributed by atoms with van der Waals surface area (Å²) in [6.45, 7) is 1.70. The maximum absolute atomic E-state index is 12.3. The average Bonchev–Trinajstić information content (AvgIpc) is 3.03. The van der Waals surface area contributed by atoms with Crippen LogP contribution in [0.15, 0.2) is 47.2 Å². The van der Waals surface area contributed by atoms with Gasteiger partial charge in [-0.25, -0.2) is 0 Å². The summed E-state index contributed by atoms with van der Waals surface area (Å²) in [6.07, 6.45) is 0. The summed E-state index contributed by atoms with van der Waals surface area (Å²) in [6, 6.07) is 11.4. The van der Waals surface area contributed by atoms with Crippen LogP contribution in [-0.4, -0.2) is 37.7 Å². The monoisotopic (exact) mass is 305 g/mol. The maximum atomic E-state index is 12.3. The molecule has 0 atom stereocenters. The Labute approximate surface area is 128 Å². The third kappa shape index (κ3) is 5.21. The average molecular weight is 305 g/mol. The molecule has 2 rings (SSSR count). The Morgan fingerprint density at radius 1 is 1.24 bits per heavy atom. The molecule has 4 nitrogen and oxygen atoms in total. The first-order valence-corrected chi connectivity index (χ1v) is 7.69. The van der Waals surface area contributed by atoms with Gasteiger partial charge in [-0.05, 0) is 34.5 Å². The van der Waals surface area contributed by atoms with Crippen molar-refractivity contribution in [2.24, 2.45) is 0 Å². The fraction of sp³-hybridized carbons (Fsp3) is 0.312. The van der Waals surface area contributed by atoms with Crippen LogP contribution < -0.4 is 4.74 Å². The third-order valence-electron chi connectivity index (χ3n) is 2.98. The Bertz CT molecular complexity index is 528. The van der Waals surface area contributed by atoms with E-state index < -0.39 is 0 Å². The highest BCUT2D eigenvalue weighted by Crippen LogP contribution is 2.11. The molecule has 0 unspecified atom stereocenters. The number of ether oxygens (including phenoxy) is 2. The highest BCUT2D eigenvalue weighted by molar-refractivity contribution is 7.07. The highest BCUT2D eigenvalue weighted by atomic mass is 32.1. The smallest absolute Gasteiger partial charge is 0.260 e. The Morgan fingerprint density at radius 2 is 2.05 bits per heavy atom. The van der Waals surface area contributed by atoms with Crippen LogP contribution >= 0.6 is 11.3 Å². The van der Waals surface area contributed by atoms with Crippen LogP contribution in [0.4, 0.5) is 0 Å². The minimum atomic E-state index is -0.0397. The summed E-state index contributed by atoms with van der Waals surface area (Å²) in [5, 5.41) is 4.06. The normalized spacial score (nSPS) is 10.3. The molecule has 0 saturated carbocycles. The molecular weight excluding hydrogens is 286 g/mol. The lowest BCUT2D eigenvalue weighted by Crippen LogP contribution is -2.36. The molecule has 1 amide bonds. The molecule has 0 fully saturated rings. The number of nitrogens with zero attached hydrogens (tertiary/aromatic N) is 1. The number of carbonyl (C=O) groups excluding carboxylic acids is 1. The minimum absolute atomic E-state index is 0.0395.